The second-order valence-corrected chi connectivity index (χ2v) is 8.20. The predicted octanol–water partition coefficient (Wildman–Crippen LogP) is 5.58. The van der Waals surface area contributed by atoms with Gasteiger partial charge in [0, 0.05) is 26.6 Å². The van der Waals surface area contributed by atoms with Gasteiger partial charge in [-0.25, -0.2) is 4.84 Å². The third kappa shape index (κ3) is 6.65. The summed E-state index contributed by atoms with van der Waals surface area (Å²) in [5, 5.41) is 0. The lowest BCUT2D eigenvalue weighted by Crippen LogP contribution is -2.28. The maximum absolute atomic E-state index is 12.2. The van der Waals surface area contributed by atoms with E-state index in [4.69, 9.17) is 11.8 Å². The Morgan fingerprint density at radius 1 is 1.30 bits per heavy atom. The molecule has 4 heteroatoms. The first-order chi connectivity index (χ1) is 13.0. The highest BCUT2D eigenvalue weighted by atomic mass is 35.5. The van der Waals surface area contributed by atoms with Crippen molar-refractivity contribution in [3.63, 3.8) is 0 Å². The smallest absolute Gasteiger partial charge is 0.222 e. The minimum absolute atomic E-state index is 0.193. The molecule has 150 valence electrons. The summed E-state index contributed by atoms with van der Waals surface area (Å²) in [6.45, 7) is 6.04. The van der Waals surface area contributed by atoms with Gasteiger partial charge in [-0.3, -0.25) is 4.79 Å². The van der Waals surface area contributed by atoms with Gasteiger partial charge in [0.25, 0.3) is 0 Å². The van der Waals surface area contributed by atoms with Gasteiger partial charge >= 0.3 is 0 Å². The number of allylic oxidation sites excluding steroid dienone is 1. The molecule has 0 radical (unpaired) electrons. The summed E-state index contributed by atoms with van der Waals surface area (Å²) >= 11 is 5.46. The van der Waals surface area contributed by atoms with E-state index >= 15 is 0 Å². The monoisotopic (exact) mass is 390 g/mol. The SMILES string of the molecule is Cc1ccccc1/C(=C/CCN(C)C(=O)CCCNCl)C1CCCCC1C. The van der Waals surface area contributed by atoms with Gasteiger partial charge in [0.1, 0.15) is 0 Å². The number of halogens is 1. The molecular weight excluding hydrogens is 356 g/mol. The van der Waals surface area contributed by atoms with Crippen molar-refractivity contribution in [2.24, 2.45) is 11.8 Å². The molecule has 0 bridgehead atoms. The van der Waals surface area contributed by atoms with Crippen LogP contribution in [0.25, 0.3) is 5.57 Å². The lowest BCUT2D eigenvalue weighted by atomic mass is 9.73. The van der Waals surface area contributed by atoms with Crippen LogP contribution in [0, 0.1) is 18.8 Å². The van der Waals surface area contributed by atoms with E-state index in [1.807, 2.05) is 11.9 Å². The highest BCUT2D eigenvalue weighted by Gasteiger charge is 2.26. The van der Waals surface area contributed by atoms with Crippen molar-refractivity contribution in [2.45, 2.75) is 58.8 Å². The van der Waals surface area contributed by atoms with Crippen LogP contribution in [0.5, 0.6) is 0 Å². The van der Waals surface area contributed by atoms with Crippen molar-refractivity contribution in [3.8, 4) is 0 Å². The second kappa shape index (κ2) is 11.5. The van der Waals surface area contributed by atoms with Crippen LogP contribution in [-0.2, 0) is 4.79 Å². The highest BCUT2D eigenvalue weighted by Crippen LogP contribution is 2.40. The van der Waals surface area contributed by atoms with E-state index in [1.165, 1.54) is 42.4 Å². The molecule has 1 amide bonds. The number of aryl methyl sites for hydroxylation is 1. The van der Waals surface area contributed by atoms with Crippen LogP contribution in [0.15, 0.2) is 30.3 Å². The Hall–Kier alpha value is -1.32. The Morgan fingerprint density at radius 3 is 2.74 bits per heavy atom. The minimum atomic E-state index is 0.193. The Bertz CT molecular complexity index is 629. The van der Waals surface area contributed by atoms with Crippen molar-refractivity contribution in [1.82, 2.24) is 9.74 Å². The first-order valence-electron chi connectivity index (χ1n) is 10.4. The van der Waals surface area contributed by atoms with Crippen LogP contribution in [0.3, 0.4) is 0 Å². The van der Waals surface area contributed by atoms with Crippen molar-refractivity contribution in [1.29, 1.82) is 0 Å². The topological polar surface area (TPSA) is 32.3 Å². The molecule has 2 atom stereocenters. The molecule has 1 N–H and O–H groups in total. The molecule has 1 aliphatic carbocycles. The zero-order valence-corrected chi connectivity index (χ0v) is 17.9. The molecule has 0 saturated heterocycles. The van der Waals surface area contributed by atoms with E-state index in [0.29, 0.717) is 18.9 Å². The van der Waals surface area contributed by atoms with Crippen molar-refractivity contribution in [3.05, 3.63) is 41.5 Å². The Labute approximate surface area is 170 Å². The van der Waals surface area contributed by atoms with Gasteiger partial charge in [0.15, 0.2) is 0 Å². The molecule has 0 aliphatic heterocycles. The fraction of sp³-hybridized carbons (Fsp3) is 0.609. The molecule has 1 fully saturated rings. The average Bonchev–Trinajstić information content (AvgIpc) is 2.67. The van der Waals surface area contributed by atoms with E-state index in [-0.39, 0.29) is 5.91 Å². The maximum Gasteiger partial charge on any atom is 0.222 e. The molecule has 1 aromatic rings. The number of carbonyl (C=O) groups excluding carboxylic acids is 1. The number of carbonyl (C=O) groups is 1. The second-order valence-electron chi connectivity index (χ2n) is 7.93. The molecule has 0 aromatic heterocycles. The molecule has 3 nitrogen and oxygen atoms in total. The number of rotatable bonds is 9. The number of benzene rings is 1. The largest absolute Gasteiger partial charge is 0.345 e. The van der Waals surface area contributed by atoms with Crippen LogP contribution in [-0.4, -0.2) is 30.9 Å². The van der Waals surface area contributed by atoms with E-state index in [0.717, 1.165) is 25.3 Å². The first-order valence-corrected chi connectivity index (χ1v) is 10.8. The van der Waals surface area contributed by atoms with Crippen LogP contribution in [0.2, 0.25) is 0 Å². The fourth-order valence-corrected chi connectivity index (χ4v) is 4.31. The van der Waals surface area contributed by atoms with Gasteiger partial charge in [-0.15, -0.1) is 0 Å². The Morgan fingerprint density at radius 2 is 2.04 bits per heavy atom. The third-order valence-electron chi connectivity index (χ3n) is 5.88. The summed E-state index contributed by atoms with van der Waals surface area (Å²) in [5.74, 6) is 1.56. The fourth-order valence-electron chi connectivity index (χ4n) is 4.17. The summed E-state index contributed by atoms with van der Waals surface area (Å²) in [4.78, 5) is 16.6. The number of nitrogens with one attached hydrogen (secondary N) is 1. The molecular formula is C23H35ClN2O. The molecule has 0 spiro atoms. The molecule has 1 saturated carbocycles. The number of hydrogen-bond acceptors (Lipinski definition) is 2. The summed E-state index contributed by atoms with van der Waals surface area (Å²) in [6, 6.07) is 8.72. The number of nitrogens with zero attached hydrogens (tertiary/aromatic N) is 1. The standard InChI is InChI=1S/C23H35ClN2O/c1-18-10-4-6-12-20(18)22(21-13-7-5-11-19(21)2)14-9-17-26(3)23(27)15-8-16-25-24/h4,6,10,12,14,19,21,25H,5,7-9,11,13,15-17H2,1-3H3/b22-14-. The van der Waals surface area contributed by atoms with Crippen LogP contribution in [0.1, 0.15) is 63.0 Å². The summed E-state index contributed by atoms with van der Waals surface area (Å²) < 4.78 is 0. The lowest BCUT2D eigenvalue weighted by molar-refractivity contribution is -0.129. The number of amides is 1. The van der Waals surface area contributed by atoms with Gasteiger partial charge in [-0.1, -0.05) is 56.5 Å². The normalized spacial score (nSPS) is 20.5. The molecule has 2 rings (SSSR count). The summed E-state index contributed by atoms with van der Waals surface area (Å²) in [6.07, 6.45) is 9.91. The minimum Gasteiger partial charge on any atom is -0.345 e. The highest BCUT2D eigenvalue weighted by molar-refractivity contribution is 6.13. The molecule has 0 heterocycles. The van der Waals surface area contributed by atoms with Crippen molar-refractivity contribution >= 4 is 23.3 Å². The average molecular weight is 391 g/mol. The Kier molecular flexibility index (Phi) is 9.36. The van der Waals surface area contributed by atoms with Crippen LogP contribution < -0.4 is 4.84 Å². The molecule has 1 aliphatic rings. The van der Waals surface area contributed by atoms with Gasteiger partial charge in [-0.2, -0.15) is 0 Å². The lowest BCUT2D eigenvalue weighted by Gasteiger charge is -2.32. The molecule has 1 aromatic carbocycles. The molecule has 2 unspecified atom stereocenters. The van der Waals surface area contributed by atoms with Gasteiger partial charge in [0.2, 0.25) is 5.91 Å². The van der Waals surface area contributed by atoms with Crippen molar-refractivity contribution < 1.29 is 4.79 Å². The summed E-state index contributed by atoms with van der Waals surface area (Å²) in [5.41, 5.74) is 4.23. The van der Waals surface area contributed by atoms with E-state index in [9.17, 15) is 4.79 Å². The van der Waals surface area contributed by atoms with E-state index in [2.05, 4.69) is 49.0 Å². The maximum atomic E-state index is 12.2. The van der Waals surface area contributed by atoms with Crippen LogP contribution >= 0.6 is 11.8 Å². The van der Waals surface area contributed by atoms with Gasteiger partial charge < -0.3 is 4.90 Å². The first kappa shape index (κ1) is 22.0. The van der Waals surface area contributed by atoms with E-state index in [1.54, 1.807) is 0 Å². The zero-order valence-electron chi connectivity index (χ0n) is 17.1. The number of hydrogen-bond donors (Lipinski definition) is 1. The van der Waals surface area contributed by atoms with Gasteiger partial charge in [-0.05, 0) is 66.5 Å². The van der Waals surface area contributed by atoms with Gasteiger partial charge in [0.05, 0.1) is 0 Å². The molecule has 27 heavy (non-hydrogen) atoms. The predicted molar refractivity (Wildman–Crippen MR) is 116 cm³/mol. The Balaban J connectivity index is 2.07. The zero-order chi connectivity index (χ0) is 19.6. The van der Waals surface area contributed by atoms with Crippen molar-refractivity contribution in [2.75, 3.05) is 20.1 Å². The quantitative estimate of drug-likeness (QED) is 0.441. The summed E-state index contributed by atoms with van der Waals surface area (Å²) in [7, 11) is 1.90. The third-order valence-corrected chi connectivity index (χ3v) is 6.07. The van der Waals surface area contributed by atoms with E-state index < -0.39 is 0 Å². The van der Waals surface area contributed by atoms with Crippen LogP contribution in [0.4, 0.5) is 0 Å².